The average Bonchev–Trinajstić information content (AvgIpc) is 3.29. The Morgan fingerprint density at radius 3 is 2.69 bits per heavy atom. The fourth-order valence-corrected chi connectivity index (χ4v) is 4.58. The normalized spacial score (nSPS) is 12.1. The number of fused-ring (bicyclic) bond motifs is 1. The smallest absolute Gasteiger partial charge is 0.263 e. The Balaban J connectivity index is 1.71. The van der Waals surface area contributed by atoms with E-state index in [0.717, 1.165) is 16.9 Å². The molecule has 2 aromatic carbocycles. The molecule has 0 aliphatic rings. The van der Waals surface area contributed by atoms with E-state index in [4.69, 9.17) is 16.3 Å². The summed E-state index contributed by atoms with van der Waals surface area (Å²) in [6, 6.07) is 11.2. The predicted molar refractivity (Wildman–Crippen MR) is 112 cm³/mol. The van der Waals surface area contributed by atoms with E-state index in [1.54, 1.807) is 19.4 Å². The number of aromatic nitrogens is 2. The van der Waals surface area contributed by atoms with Crippen molar-refractivity contribution in [3.63, 3.8) is 0 Å². The Labute approximate surface area is 175 Å². The molecule has 0 radical (unpaired) electrons. The van der Waals surface area contributed by atoms with Crippen LogP contribution in [0.1, 0.15) is 27.1 Å². The molecular formula is C21H17ClFN3O2S. The standard InChI is InChI=1S/C21H17ClFN3O2S/c1-26-10-9-24-20(26)18(12-3-6-14(28-2)7-4-12)25-21(27)19-17(22)15-8-5-13(23)11-16(15)29-19/h3-11,18H,1-2H3,(H,25,27). The molecule has 0 aliphatic heterocycles. The summed E-state index contributed by atoms with van der Waals surface area (Å²) in [4.78, 5) is 17.8. The summed E-state index contributed by atoms with van der Waals surface area (Å²) in [6.45, 7) is 0. The zero-order chi connectivity index (χ0) is 20.5. The van der Waals surface area contributed by atoms with E-state index in [2.05, 4.69) is 10.3 Å². The molecule has 0 fully saturated rings. The maximum absolute atomic E-state index is 13.5. The van der Waals surface area contributed by atoms with Crippen LogP contribution in [0.25, 0.3) is 10.1 Å². The summed E-state index contributed by atoms with van der Waals surface area (Å²) in [5.41, 5.74) is 0.844. The molecule has 1 N–H and O–H groups in total. The molecule has 2 aromatic heterocycles. The Morgan fingerprint density at radius 1 is 1.28 bits per heavy atom. The van der Waals surface area contributed by atoms with Crippen molar-refractivity contribution >= 4 is 38.9 Å². The van der Waals surface area contributed by atoms with Gasteiger partial charge in [0.15, 0.2) is 0 Å². The molecule has 1 amide bonds. The highest BCUT2D eigenvalue weighted by Gasteiger charge is 2.24. The lowest BCUT2D eigenvalue weighted by Gasteiger charge is -2.19. The van der Waals surface area contributed by atoms with Crippen molar-refractivity contribution in [2.75, 3.05) is 7.11 Å². The number of carbonyl (C=O) groups is 1. The number of carbonyl (C=O) groups excluding carboxylic acids is 1. The number of nitrogens with one attached hydrogen (secondary N) is 1. The highest BCUT2D eigenvalue weighted by atomic mass is 35.5. The van der Waals surface area contributed by atoms with Gasteiger partial charge in [0, 0.05) is 29.5 Å². The van der Waals surface area contributed by atoms with Crippen molar-refractivity contribution in [2.24, 2.45) is 7.05 Å². The average molecular weight is 430 g/mol. The van der Waals surface area contributed by atoms with Crippen molar-refractivity contribution in [1.29, 1.82) is 0 Å². The Morgan fingerprint density at radius 2 is 2.03 bits per heavy atom. The van der Waals surface area contributed by atoms with Gasteiger partial charge in [0.05, 0.1) is 12.1 Å². The second-order valence-corrected chi connectivity index (χ2v) is 7.89. The fraction of sp³-hybridized carbons (Fsp3) is 0.143. The van der Waals surface area contributed by atoms with Gasteiger partial charge in [0.25, 0.3) is 5.91 Å². The van der Waals surface area contributed by atoms with E-state index in [1.165, 1.54) is 12.1 Å². The third-order valence-corrected chi connectivity index (χ3v) is 6.29. The number of aryl methyl sites for hydroxylation is 1. The fourth-order valence-electron chi connectivity index (χ4n) is 3.13. The van der Waals surface area contributed by atoms with Gasteiger partial charge in [-0.3, -0.25) is 4.79 Å². The van der Waals surface area contributed by atoms with Crippen molar-refractivity contribution in [3.8, 4) is 5.75 Å². The largest absolute Gasteiger partial charge is 0.497 e. The molecule has 8 heteroatoms. The first-order valence-electron chi connectivity index (χ1n) is 8.77. The van der Waals surface area contributed by atoms with Crippen LogP contribution in [0.2, 0.25) is 5.02 Å². The first-order valence-corrected chi connectivity index (χ1v) is 9.97. The number of imidazole rings is 1. The molecular weight excluding hydrogens is 413 g/mol. The van der Waals surface area contributed by atoms with Gasteiger partial charge in [-0.25, -0.2) is 9.37 Å². The zero-order valence-corrected chi connectivity index (χ0v) is 17.2. The van der Waals surface area contributed by atoms with Crippen LogP contribution in [-0.4, -0.2) is 22.6 Å². The summed E-state index contributed by atoms with van der Waals surface area (Å²) in [6.07, 6.45) is 3.49. The number of halogens is 2. The number of amides is 1. The SMILES string of the molecule is COc1ccc(C(NC(=O)c2sc3cc(F)ccc3c2Cl)c2nccn2C)cc1. The molecule has 148 valence electrons. The van der Waals surface area contributed by atoms with Gasteiger partial charge in [-0.1, -0.05) is 23.7 Å². The molecule has 1 unspecified atom stereocenters. The van der Waals surface area contributed by atoms with Crippen LogP contribution in [-0.2, 0) is 7.05 Å². The van der Waals surface area contributed by atoms with Gasteiger partial charge < -0.3 is 14.6 Å². The molecule has 1 atom stereocenters. The molecule has 0 bridgehead atoms. The molecule has 2 heterocycles. The van der Waals surface area contributed by atoms with Crippen LogP contribution in [0, 0.1) is 5.82 Å². The lowest BCUT2D eigenvalue weighted by molar-refractivity contribution is 0.0945. The number of thiophene rings is 1. The van der Waals surface area contributed by atoms with Crippen molar-refractivity contribution in [1.82, 2.24) is 14.9 Å². The molecule has 0 saturated carbocycles. The third kappa shape index (κ3) is 3.71. The van der Waals surface area contributed by atoms with E-state index in [9.17, 15) is 9.18 Å². The molecule has 0 spiro atoms. The summed E-state index contributed by atoms with van der Waals surface area (Å²) in [7, 11) is 3.46. The topological polar surface area (TPSA) is 56.1 Å². The second kappa shape index (κ2) is 7.85. The summed E-state index contributed by atoms with van der Waals surface area (Å²) in [5.74, 6) is 0.673. The van der Waals surface area contributed by atoms with E-state index >= 15 is 0 Å². The molecule has 4 aromatic rings. The summed E-state index contributed by atoms with van der Waals surface area (Å²) >= 11 is 7.58. The minimum atomic E-state index is -0.494. The van der Waals surface area contributed by atoms with E-state index in [0.29, 0.717) is 31.6 Å². The van der Waals surface area contributed by atoms with Crippen molar-refractivity contribution < 1.29 is 13.9 Å². The highest BCUT2D eigenvalue weighted by molar-refractivity contribution is 7.21. The first kappa shape index (κ1) is 19.4. The van der Waals surface area contributed by atoms with Crippen LogP contribution in [0.15, 0.2) is 54.9 Å². The number of rotatable bonds is 5. The zero-order valence-electron chi connectivity index (χ0n) is 15.6. The van der Waals surface area contributed by atoms with Gasteiger partial charge >= 0.3 is 0 Å². The van der Waals surface area contributed by atoms with Crippen molar-refractivity contribution in [2.45, 2.75) is 6.04 Å². The van der Waals surface area contributed by atoms with Gasteiger partial charge in [-0.15, -0.1) is 11.3 Å². The lowest BCUT2D eigenvalue weighted by Crippen LogP contribution is -2.30. The number of ether oxygens (including phenoxy) is 1. The Bertz CT molecular complexity index is 1190. The second-order valence-electron chi connectivity index (χ2n) is 6.46. The Kier molecular flexibility index (Phi) is 5.25. The minimum Gasteiger partial charge on any atom is -0.497 e. The number of hydrogen-bond acceptors (Lipinski definition) is 4. The maximum atomic E-state index is 13.5. The van der Waals surface area contributed by atoms with Gasteiger partial charge in [0.1, 0.15) is 28.3 Å². The number of nitrogens with zero attached hydrogens (tertiary/aromatic N) is 2. The number of methoxy groups -OCH3 is 1. The molecule has 0 saturated heterocycles. The van der Waals surface area contributed by atoms with Crippen LogP contribution in [0.4, 0.5) is 4.39 Å². The minimum absolute atomic E-state index is 0.316. The first-order chi connectivity index (χ1) is 14.0. The van der Waals surface area contributed by atoms with Crippen LogP contribution < -0.4 is 10.1 Å². The third-order valence-electron chi connectivity index (χ3n) is 4.64. The lowest BCUT2D eigenvalue weighted by atomic mass is 10.1. The molecule has 0 aliphatic carbocycles. The maximum Gasteiger partial charge on any atom is 0.263 e. The Hall–Kier alpha value is -2.90. The molecule has 4 rings (SSSR count). The number of hydrogen-bond donors (Lipinski definition) is 1. The van der Waals surface area contributed by atoms with Gasteiger partial charge in [-0.2, -0.15) is 0 Å². The predicted octanol–water partition coefficient (Wildman–Crippen LogP) is 4.96. The summed E-state index contributed by atoms with van der Waals surface area (Å²) in [5, 5.41) is 3.99. The summed E-state index contributed by atoms with van der Waals surface area (Å²) < 4.78 is 21.2. The van der Waals surface area contributed by atoms with Gasteiger partial charge in [0.2, 0.25) is 0 Å². The molecule has 5 nitrogen and oxygen atoms in total. The van der Waals surface area contributed by atoms with Crippen LogP contribution in [0.5, 0.6) is 5.75 Å². The van der Waals surface area contributed by atoms with E-state index in [1.807, 2.05) is 42.1 Å². The van der Waals surface area contributed by atoms with E-state index < -0.39 is 6.04 Å². The highest BCUT2D eigenvalue weighted by Crippen LogP contribution is 2.36. The molecule has 29 heavy (non-hydrogen) atoms. The monoisotopic (exact) mass is 429 g/mol. The number of benzene rings is 2. The van der Waals surface area contributed by atoms with Crippen molar-refractivity contribution in [3.05, 3.63) is 82.0 Å². The van der Waals surface area contributed by atoms with Gasteiger partial charge in [-0.05, 0) is 35.9 Å². The van der Waals surface area contributed by atoms with Crippen LogP contribution >= 0.6 is 22.9 Å². The van der Waals surface area contributed by atoms with Crippen LogP contribution in [0.3, 0.4) is 0 Å². The quantitative estimate of drug-likeness (QED) is 0.488. The van der Waals surface area contributed by atoms with E-state index in [-0.39, 0.29) is 11.7 Å².